The predicted octanol–water partition coefficient (Wildman–Crippen LogP) is 1.76. The number of hydrogen-bond acceptors (Lipinski definition) is 6. The zero-order valence-electron chi connectivity index (χ0n) is 16.0. The van der Waals surface area contributed by atoms with E-state index < -0.39 is 10.1 Å². The van der Waals surface area contributed by atoms with Gasteiger partial charge >= 0.3 is 0 Å². The van der Waals surface area contributed by atoms with Crippen LogP contribution in [-0.4, -0.2) is 41.8 Å². The van der Waals surface area contributed by atoms with Crippen molar-refractivity contribution in [2.24, 2.45) is 10.9 Å². The van der Waals surface area contributed by atoms with E-state index in [1.807, 2.05) is 30.5 Å². The molecule has 2 aromatic rings. The lowest BCUT2D eigenvalue weighted by Gasteiger charge is -2.17. The third-order valence-electron chi connectivity index (χ3n) is 4.40. The van der Waals surface area contributed by atoms with Crippen LogP contribution in [0.5, 0.6) is 0 Å². The molecular formula is C18H24N4O5S. The molecule has 0 saturated heterocycles. The first kappa shape index (κ1) is 21.6. The number of carbonyl (C=O) groups is 2. The molecule has 3 rings (SSSR count). The second-order valence-electron chi connectivity index (χ2n) is 6.69. The first-order chi connectivity index (χ1) is 13.0. The van der Waals surface area contributed by atoms with Crippen molar-refractivity contribution in [3.63, 3.8) is 0 Å². The third-order valence-corrected chi connectivity index (χ3v) is 4.40. The molecule has 2 heterocycles. The zero-order valence-corrected chi connectivity index (χ0v) is 16.8. The van der Waals surface area contributed by atoms with Gasteiger partial charge in [0.1, 0.15) is 12.0 Å². The highest BCUT2D eigenvalue weighted by atomic mass is 32.2. The Bertz CT molecular complexity index is 1050. The first-order valence-corrected chi connectivity index (χ1v) is 10.5. The molecule has 0 radical (unpaired) electrons. The molecule has 4 N–H and O–H groups in total. The van der Waals surface area contributed by atoms with Crippen molar-refractivity contribution in [1.82, 2.24) is 9.88 Å². The summed E-state index contributed by atoms with van der Waals surface area (Å²) in [7, 11) is -3.67. The summed E-state index contributed by atoms with van der Waals surface area (Å²) in [5, 5.41) is 6.80. The van der Waals surface area contributed by atoms with E-state index in [4.69, 9.17) is 10.4 Å². The van der Waals surface area contributed by atoms with Gasteiger partial charge in [-0.1, -0.05) is 6.07 Å². The van der Waals surface area contributed by atoms with E-state index in [9.17, 15) is 18.0 Å². The lowest BCUT2D eigenvalue weighted by atomic mass is 9.94. The van der Waals surface area contributed by atoms with Gasteiger partial charge in [0, 0.05) is 23.9 Å². The molecule has 10 heteroatoms. The van der Waals surface area contributed by atoms with Gasteiger partial charge in [-0.3, -0.25) is 14.1 Å². The molecule has 1 amide bonds. The minimum atomic E-state index is -3.67. The second-order valence-corrected chi connectivity index (χ2v) is 8.16. The molecule has 0 aliphatic carbocycles. The van der Waals surface area contributed by atoms with E-state index in [2.05, 4.69) is 10.4 Å². The molecule has 1 aliphatic rings. The lowest BCUT2D eigenvalue weighted by Crippen LogP contribution is -2.25. The van der Waals surface area contributed by atoms with Crippen LogP contribution in [0.1, 0.15) is 51.2 Å². The molecule has 9 nitrogen and oxygen atoms in total. The minimum absolute atomic E-state index is 0.155. The second kappa shape index (κ2) is 8.53. The normalized spacial score (nSPS) is 14.4. The van der Waals surface area contributed by atoms with Crippen LogP contribution in [0.4, 0.5) is 0 Å². The fourth-order valence-electron chi connectivity index (χ4n) is 3.40. The Hall–Kier alpha value is -2.72. The Morgan fingerprint density at radius 1 is 1.29 bits per heavy atom. The molecule has 0 spiro atoms. The molecular weight excluding hydrogens is 384 g/mol. The number of carbonyl (C=O) groups excluding carboxylic acids is 2. The quantitative estimate of drug-likeness (QED) is 0.227. The zero-order chi connectivity index (χ0) is 21.1. The number of nitrogens with zero attached hydrogens (tertiary/aromatic N) is 2. The van der Waals surface area contributed by atoms with Crippen molar-refractivity contribution in [2.45, 2.75) is 39.7 Å². The Morgan fingerprint density at radius 3 is 2.54 bits per heavy atom. The van der Waals surface area contributed by atoms with Crippen LogP contribution in [0.3, 0.4) is 0 Å². The number of Topliss-reactive ketones (excluding diaryl/α,β-unsaturated/α-hetero) is 1. The van der Waals surface area contributed by atoms with Crippen LogP contribution < -0.4 is 11.2 Å². The monoisotopic (exact) mass is 408 g/mol. The maximum absolute atomic E-state index is 12.6. The van der Waals surface area contributed by atoms with E-state index >= 15 is 0 Å². The number of hydrogen-bond donors (Lipinski definition) is 3. The summed E-state index contributed by atoms with van der Waals surface area (Å²) in [6.45, 7) is 4.68. The van der Waals surface area contributed by atoms with Crippen LogP contribution >= 0.6 is 0 Å². The fourth-order valence-corrected chi connectivity index (χ4v) is 3.40. The molecule has 0 fully saturated rings. The molecule has 1 aromatic heterocycles. The van der Waals surface area contributed by atoms with Gasteiger partial charge in [0.05, 0.1) is 11.8 Å². The fraction of sp³-hybridized carbons (Fsp3) is 0.389. The highest BCUT2D eigenvalue weighted by Crippen LogP contribution is 2.32. The number of hydrazone groups is 1. The van der Waals surface area contributed by atoms with Crippen molar-refractivity contribution in [3.05, 3.63) is 34.5 Å². The Balaban J connectivity index is 0.000000500. The Labute approximate surface area is 163 Å². The van der Waals surface area contributed by atoms with Gasteiger partial charge in [-0.05, 0) is 43.9 Å². The highest BCUT2D eigenvalue weighted by Gasteiger charge is 2.24. The van der Waals surface area contributed by atoms with Gasteiger partial charge in [-0.15, -0.1) is 0 Å². The van der Waals surface area contributed by atoms with Crippen LogP contribution in [0, 0.1) is 13.8 Å². The highest BCUT2D eigenvalue weighted by molar-refractivity contribution is 7.85. The van der Waals surface area contributed by atoms with E-state index in [-0.39, 0.29) is 11.7 Å². The molecule has 0 atom stereocenters. The number of benzene rings is 1. The molecule has 1 aromatic carbocycles. The van der Waals surface area contributed by atoms with Gasteiger partial charge in [-0.2, -0.15) is 13.5 Å². The number of aromatic nitrogens is 1. The van der Waals surface area contributed by atoms with Crippen LogP contribution in [0.2, 0.25) is 0 Å². The summed E-state index contributed by atoms with van der Waals surface area (Å²) < 4.78 is 27.8. The summed E-state index contributed by atoms with van der Waals surface area (Å²) in [4.78, 5) is 25.0. The topological polar surface area (TPSA) is 144 Å². The van der Waals surface area contributed by atoms with Gasteiger partial charge in [0.25, 0.3) is 16.0 Å². The van der Waals surface area contributed by atoms with Crippen molar-refractivity contribution in [3.8, 4) is 0 Å². The van der Waals surface area contributed by atoms with Crippen molar-refractivity contribution in [1.29, 1.82) is 0 Å². The summed E-state index contributed by atoms with van der Waals surface area (Å²) in [5.74, 6) is 4.93. The summed E-state index contributed by atoms with van der Waals surface area (Å²) in [6.07, 6.45) is 4.14. The van der Waals surface area contributed by atoms with E-state index in [0.717, 1.165) is 47.0 Å². The van der Waals surface area contributed by atoms with Crippen molar-refractivity contribution >= 4 is 39.1 Å². The van der Waals surface area contributed by atoms with Crippen molar-refractivity contribution in [2.75, 3.05) is 6.26 Å². The van der Waals surface area contributed by atoms with Gasteiger partial charge < -0.3 is 15.7 Å². The van der Waals surface area contributed by atoms with Gasteiger partial charge in [0.2, 0.25) is 0 Å². The molecule has 0 unspecified atom stereocenters. The van der Waals surface area contributed by atoms with Gasteiger partial charge in [-0.25, -0.2) is 0 Å². The Morgan fingerprint density at radius 2 is 1.93 bits per heavy atom. The molecule has 1 aliphatic heterocycles. The number of aryl methyl sites for hydroxylation is 3. The molecule has 152 valence electrons. The van der Waals surface area contributed by atoms with Crippen LogP contribution in [0.15, 0.2) is 17.2 Å². The number of nitrogens with two attached hydrogens (primary N) is 1. The van der Waals surface area contributed by atoms with E-state index in [1.54, 1.807) is 0 Å². The average Bonchev–Trinajstić information content (AvgIpc) is 2.93. The molecule has 28 heavy (non-hydrogen) atoms. The summed E-state index contributed by atoms with van der Waals surface area (Å²) >= 11 is 0. The smallest absolute Gasteiger partial charge is 0.273 e. The number of amides is 1. The van der Waals surface area contributed by atoms with E-state index in [0.29, 0.717) is 18.4 Å². The summed E-state index contributed by atoms with van der Waals surface area (Å²) in [6, 6.07) is 3.87. The SMILES string of the molecule is CS(=O)(=O)O.Cc1cc(C)c2cc(C(=O)NC=NN)n3c2c1C(=O)CCCC3. The third kappa shape index (κ3) is 4.96. The number of ketones is 1. The molecule has 0 bridgehead atoms. The van der Waals surface area contributed by atoms with Gasteiger partial charge in [0.15, 0.2) is 5.78 Å². The maximum atomic E-state index is 12.6. The maximum Gasteiger partial charge on any atom is 0.273 e. The first-order valence-electron chi connectivity index (χ1n) is 8.66. The Kier molecular flexibility index (Phi) is 6.57. The van der Waals surface area contributed by atoms with Crippen LogP contribution in [-0.2, 0) is 16.7 Å². The average molecular weight is 408 g/mol. The van der Waals surface area contributed by atoms with Crippen LogP contribution in [0.25, 0.3) is 10.9 Å². The lowest BCUT2D eigenvalue weighted by molar-refractivity contribution is 0.0958. The minimum Gasteiger partial charge on any atom is -0.336 e. The van der Waals surface area contributed by atoms with E-state index in [1.165, 1.54) is 6.34 Å². The summed E-state index contributed by atoms with van der Waals surface area (Å²) in [5.41, 5.74) is 4.19. The molecule has 0 saturated carbocycles. The number of rotatable bonds is 2. The number of nitrogens with one attached hydrogen (secondary N) is 1. The predicted molar refractivity (Wildman–Crippen MR) is 107 cm³/mol. The van der Waals surface area contributed by atoms with Crippen molar-refractivity contribution < 1.29 is 22.6 Å². The standard InChI is InChI=1S/C17H20N4O2.CH4O3S/c1-10-7-11(2)15-14(22)5-3-4-6-21-13(8-12(10)16(15)21)17(23)19-9-20-18;1-5(2,3)4/h7-9H,3-6,18H2,1-2H3,(H,19,20,23);1H3,(H,2,3,4). The largest absolute Gasteiger partial charge is 0.336 e.